The maximum Gasteiger partial charge on any atom is 0.279 e. The van der Waals surface area contributed by atoms with Crippen molar-refractivity contribution in [1.82, 2.24) is 9.03 Å². The summed E-state index contributed by atoms with van der Waals surface area (Å²) < 4.78 is 33.8. The second kappa shape index (κ2) is 8.16. The minimum absolute atomic E-state index is 0.0668. The van der Waals surface area contributed by atoms with E-state index in [0.717, 1.165) is 19.3 Å². The molecule has 114 valence electrons. The number of nitrogens with zero attached hydrogens (tertiary/aromatic N) is 1. The quantitative estimate of drug-likeness (QED) is 0.631. The second-order valence-corrected chi connectivity index (χ2v) is 7.07. The molecule has 3 N–H and O–H groups in total. The van der Waals surface area contributed by atoms with Gasteiger partial charge >= 0.3 is 0 Å². The molecule has 6 nitrogen and oxygen atoms in total. The van der Waals surface area contributed by atoms with Gasteiger partial charge in [0, 0.05) is 32.3 Å². The molecule has 1 rings (SSSR count). The molecular formula is C12H27N3O3S. The van der Waals surface area contributed by atoms with Crippen molar-refractivity contribution in [3.63, 3.8) is 0 Å². The van der Waals surface area contributed by atoms with E-state index in [1.54, 1.807) is 0 Å². The summed E-state index contributed by atoms with van der Waals surface area (Å²) in [5.41, 5.74) is 5.64. The van der Waals surface area contributed by atoms with E-state index in [1.807, 2.05) is 0 Å². The lowest BCUT2D eigenvalue weighted by Crippen LogP contribution is -2.52. The molecule has 1 atom stereocenters. The van der Waals surface area contributed by atoms with Crippen molar-refractivity contribution in [3.8, 4) is 0 Å². The highest BCUT2D eigenvalue weighted by atomic mass is 32.2. The van der Waals surface area contributed by atoms with Gasteiger partial charge in [0.1, 0.15) is 0 Å². The molecule has 7 heteroatoms. The third-order valence-electron chi connectivity index (χ3n) is 3.14. The first kappa shape index (κ1) is 16.8. The average Bonchev–Trinajstić information content (AvgIpc) is 2.37. The van der Waals surface area contributed by atoms with Crippen LogP contribution >= 0.6 is 0 Å². The Morgan fingerprint density at radius 3 is 2.79 bits per heavy atom. The van der Waals surface area contributed by atoms with Crippen molar-refractivity contribution in [3.05, 3.63) is 0 Å². The lowest BCUT2D eigenvalue weighted by molar-refractivity contribution is 0.114. The zero-order chi connectivity index (χ0) is 14.3. The number of hydrogen-bond donors (Lipinski definition) is 2. The molecule has 0 aromatic rings. The summed E-state index contributed by atoms with van der Waals surface area (Å²) in [6.07, 6.45) is 2.80. The van der Waals surface area contributed by atoms with Crippen LogP contribution in [0.5, 0.6) is 0 Å². The summed E-state index contributed by atoms with van der Waals surface area (Å²) in [6.45, 7) is 6.42. The molecule has 19 heavy (non-hydrogen) atoms. The minimum Gasteiger partial charge on any atom is -0.380 e. The van der Waals surface area contributed by atoms with E-state index in [9.17, 15) is 8.42 Å². The largest absolute Gasteiger partial charge is 0.380 e. The summed E-state index contributed by atoms with van der Waals surface area (Å²) in [5, 5.41) is 0. The number of rotatable bonds is 8. The molecule has 1 unspecified atom stereocenters. The average molecular weight is 293 g/mol. The van der Waals surface area contributed by atoms with Crippen LogP contribution in [0.3, 0.4) is 0 Å². The highest BCUT2D eigenvalue weighted by Gasteiger charge is 2.30. The van der Waals surface area contributed by atoms with Crippen LogP contribution in [0, 0.1) is 5.92 Å². The SMILES string of the molecule is CC(C)COCCNS(=O)(=O)N1CCCCC1CN. The molecule has 0 spiro atoms. The fraction of sp³-hybridized carbons (Fsp3) is 1.00. The smallest absolute Gasteiger partial charge is 0.279 e. The molecule has 0 aromatic carbocycles. The molecule has 0 aliphatic carbocycles. The highest BCUT2D eigenvalue weighted by Crippen LogP contribution is 2.18. The minimum atomic E-state index is -3.42. The van der Waals surface area contributed by atoms with E-state index in [0.29, 0.717) is 38.8 Å². The number of hydrogen-bond acceptors (Lipinski definition) is 4. The van der Waals surface area contributed by atoms with Gasteiger partial charge in [-0.05, 0) is 18.8 Å². The van der Waals surface area contributed by atoms with Crippen molar-refractivity contribution >= 4 is 10.2 Å². The molecule has 0 aromatic heterocycles. The van der Waals surface area contributed by atoms with Gasteiger partial charge in [-0.3, -0.25) is 0 Å². The van der Waals surface area contributed by atoms with Crippen molar-refractivity contribution in [2.24, 2.45) is 11.7 Å². The van der Waals surface area contributed by atoms with Crippen LogP contribution in [0.15, 0.2) is 0 Å². The fourth-order valence-electron chi connectivity index (χ4n) is 2.17. The second-order valence-electron chi connectivity index (χ2n) is 5.36. The van der Waals surface area contributed by atoms with Gasteiger partial charge in [0.2, 0.25) is 0 Å². The number of nitrogens with two attached hydrogens (primary N) is 1. The van der Waals surface area contributed by atoms with Crippen molar-refractivity contribution < 1.29 is 13.2 Å². The Morgan fingerprint density at radius 2 is 2.16 bits per heavy atom. The lowest BCUT2D eigenvalue weighted by atomic mass is 10.1. The van der Waals surface area contributed by atoms with Gasteiger partial charge < -0.3 is 10.5 Å². The maximum atomic E-state index is 12.2. The van der Waals surface area contributed by atoms with E-state index in [-0.39, 0.29) is 6.04 Å². The lowest BCUT2D eigenvalue weighted by Gasteiger charge is -2.33. The molecule has 1 heterocycles. The Kier molecular flexibility index (Phi) is 7.23. The summed E-state index contributed by atoms with van der Waals surface area (Å²) in [6, 6.07) is -0.0668. The first-order valence-electron chi connectivity index (χ1n) is 7.01. The van der Waals surface area contributed by atoms with Crippen LogP contribution in [-0.2, 0) is 14.9 Å². The first-order valence-corrected chi connectivity index (χ1v) is 8.45. The van der Waals surface area contributed by atoms with E-state index >= 15 is 0 Å². The Balaban J connectivity index is 2.37. The van der Waals surface area contributed by atoms with Gasteiger partial charge in [-0.15, -0.1) is 0 Å². The molecule has 0 bridgehead atoms. The molecule has 0 saturated carbocycles. The van der Waals surface area contributed by atoms with Crippen LogP contribution in [0.1, 0.15) is 33.1 Å². The van der Waals surface area contributed by atoms with Crippen molar-refractivity contribution in [1.29, 1.82) is 0 Å². The van der Waals surface area contributed by atoms with Crippen LogP contribution in [0.2, 0.25) is 0 Å². The fourth-order valence-corrected chi connectivity index (χ4v) is 3.63. The van der Waals surface area contributed by atoms with E-state index in [2.05, 4.69) is 18.6 Å². The van der Waals surface area contributed by atoms with Gasteiger partial charge in [-0.25, -0.2) is 0 Å². The van der Waals surface area contributed by atoms with Crippen LogP contribution in [0.4, 0.5) is 0 Å². The Hall–Kier alpha value is -0.210. The summed E-state index contributed by atoms with van der Waals surface area (Å²) in [5.74, 6) is 0.459. The normalized spacial score (nSPS) is 22.0. The molecule has 1 aliphatic rings. The Morgan fingerprint density at radius 1 is 1.42 bits per heavy atom. The number of piperidine rings is 1. The van der Waals surface area contributed by atoms with Gasteiger partial charge in [0.05, 0.1) is 6.61 Å². The van der Waals surface area contributed by atoms with Crippen LogP contribution < -0.4 is 10.5 Å². The van der Waals surface area contributed by atoms with Gasteiger partial charge in [0.15, 0.2) is 0 Å². The third kappa shape index (κ3) is 5.74. The topological polar surface area (TPSA) is 84.7 Å². The van der Waals surface area contributed by atoms with Crippen LogP contribution in [-0.4, -0.2) is 51.6 Å². The van der Waals surface area contributed by atoms with Crippen LogP contribution in [0.25, 0.3) is 0 Å². The highest BCUT2D eigenvalue weighted by molar-refractivity contribution is 7.87. The molecular weight excluding hydrogens is 266 g/mol. The number of ether oxygens (including phenoxy) is 1. The third-order valence-corrected chi connectivity index (χ3v) is 4.80. The van der Waals surface area contributed by atoms with Gasteiger partial charge in [0.25, 0.3) is 10.2 Å². The predicted octanol–water partition coefficient (Wildman–Crippen LogP) is 0.307. The molecule has 1 aliphatic heterocycles. The van der Waals surface area contributed by atoms with Gasteiger partial charge in [-0.2, -0.15) is 17.4 Å². The molecule has 1 saturated heterocycles. The summed E-state index contributed by atoms with van der Waals surface area (Å²) >= 11 is 0. The summed E-state index contributed by atoms with van der Waals surface area (Å²) in [7, 11) is -3.42. The predicted molar refractivity (Wildman–Crippen MR) is 76.0 cm³/mol. The first-order chi connectivity index (χ1) is 8.97. The Labute approximate surface area is 116 Å². The monoisotopic (exact) mass is 293 g/mol. The zero-order valence-corrected chi connectivity index (χ0v) is 12.8. The Bertz CT molecular complexity index is 346. The van der Waals surface area contributed by atoms with Gasteiger partial charge in [-0.1, -0.05) is 20.3 Å². The van der Waals surface area contributed by atoms with E-state index in [4.69, 9.17) is 10.5 Å². The standard InChI is InChI=1S/C12H27N3O3S/c1-11(2)10-18-8-6-14-19(16,17)15-7-4-3-5-12(15)9-13/h11-12,14H,3-10,13H2,1-2H3. The zero-order valence-electron chi connectivity index (χ0n) is 12.0. The van der Waals surface area contributed by atoms with Crippen molar-refractivity contribution in [2.75, 3.05) is 32.8 Å². The summed E-state index contributed by atoms with van der Waals surface area (Å²) in [4.78, 5) is 0. The van der Waals surface area contributed by atoms with E-state index in [1.165, 1.54) is 4.31 Å². The van der Waals surface area contributed by atoms with Crippen molar-refractivity contribution in [2.45, 2.75) is 39.2 Å². The van der Waals surface area contributed by atoms with E-state index < -0.39 is 10.2 Å². The maximum absolute atomic E-state index is 12.2. The molecule has 0 radical (unpaired) electrons. The molecule has 0 amide bonds. The molecule has 1 fully saturated rings. The number of nitrogens with one attached hydrogen (secondary N) is 1.